The molecule has 0 bridgehead atoms. The van der Waals surface area contributed by atoms with E-state index in [1.807, 2.05) is 0 Å². The number of rotatable bonds is 16. The number of nitrogens with zero attached hydrogens (tertiary/aromatic N) is 1. The van der Waals surface area contributed by atoms with E-state index in [2.05, 4.69) is 5.32 Å². The summed E-state index contributed by atoms with van der Waals surface area (Å²) in [6, 6.07) is 12.8. The number of ether oxygens (including phenoxy) is 2. The third kappa shape index (κ3) is 10.4. The van der Waals surface area contributed by atoms with Crippen molar-refractivity contribution in [2.24, 2.45) is 5.92 Å². The number of unbranched alkanes of at least 4 members (excludes halogenated alkanes) is 3. The van der Waals surface area contributed by atoms with Crippen LogP contribution < -0.4 is 5.32 Å². The Kier molecular flexibility index (Phi) is 12.5. The van der Waals surface area contributed by atoms with Gasteiger partial charge in [0.15, 0.2) is 0 Å². The number of nitrogens with one attached hydrogen (secondary N) is 1. The molecule has 0 radical (unpaired) electrons. The highest BCUT2D eigenvalue weighted by Crippen LogP contribution is 2.24. The second-order valence-corrected chi connectivity index (χ2v) is 11.8. The van der Waals surface area contributed by atoms with Crippen molar-refractivity contribution in [2.45, 2.75) is 63.5 Å². The molecule has 1 N–H and O–H groups in total. The predicted octanol–water partition coefficient (Wildman–Crippen LogP) is 3.87. The van der Waals surface area contributed by atoms with Gasteiger partial charge in [-0.2, -0.15) is 0 Å². The zero-order valence-electron chi connectivity index (χ0n) is 23.4. The van der Waals surface area contributed by atoms with E-state index < -0.39 is 34.9 Å². The summed E-state index contributed by atoms with van der Waals surface area (Å²) in [4.78, 5) is 49.4. The van der Waals surface area contributed by atoms with Crippen molar-refractivity contribution >= 4 is 34.6 Å². The van der Waals surface area contributed by atoms with E-state index in [1.165, 1.54) is 29.2 Å². The van der Waals surface area contributed by atoms with Crippen LogP contribution in [0.4, 0.5) is 4.39 Å². The lowest BCUT2D eigenvalue weighted by atomic mass is 10.1. The highest BCUT2D eigenvalue weighted by atomic mass is 32.2. The van der Waals surface area contributed by atoms with Crippen LogP contribution >= 0.6 is 0 Å². The average molecular weight is 589 g/mol. The third-order valence-electron chi connectivity index (χ3n) is 6.62. The van der Waals surface area contributed by atoms with E-state index >= 15 is 0 Å². The summed E-state index contributed by atoms with van der Waals surface area (Å²) in [5.74, 6) is -2.02. The van der Waals surface area contributed by atoms with E-state index in [0.29, 0.717) is 12.1 Å². The molecule has 3 rings (SSSR count). The molecule has 1 aliphatic heterocycles. The van der Waals surface area contributed by atoms with Crippen molar-refractivity contribution in [1.29, 1.82) is 0 Å². The molecule has 1 saturated heterocycles. The van der Waals surface area contributed by atoms with Crippen LogP contribution in [0.2, 0.25) is 0 Å². The second-order valence-electron chi connectivity index (χ2n) is 10.2. The van der Waals surface area contributed by atoms with Crippen LogP contribution in [-0.2, 0) is 46.8 Å². The summed E-state index contributed by atoms with van der Waals surface area (Å²) in [5.41, 5.74) is 2.06. The molecule has 0 spiro atoms. The van der Waals surface area contributed by atoms with Crippen LogP contribution in [0, 0.1) is 11.7 Å². The molecule has 0 unspecified atom stereocenters. The van der Waals surface area contributed by atoms with Gasteiger partial charge in [-0.15, -0.1) is 0 Å². The van der Waals surface area contributed by atoms with Gasteiger partial charge in [0.25, 0.3) is 0 Å². The number of hydrogen-bond donors (Lipinski definition) is 1. The summed E-state index contributed by atoms with van der Waals surface area (Å²) in [6.45, 7) is 3.24. The Morgan fingerprint density at radius 3 is 2.29 bits per heavy atom. The molecule has 9 nitrogen and oxygen atoms in total. The van der Waals surface area contributed by atoms with Crippen LogP contribution in [0.25, 0.3) is 0 Å². The van der Waals surface area contributed by atoms with Crippen LogP contribution in [0.15, 0.2) is 48.5 Å². The smallest absolute Gasteiger partial charge is 0.340 e. The normalized spacial score (nSPS) is 15.3. The number of carbonyl (C=O) groups is 4. The van der Waals surface area contributed by atoms with Gasteiger partial charge in [-0.05, 0) is 54.7 Å². The minimum atomic E-state index is -1.43. The molecule has 2 aromatic carbocycles. The molecule has 1 heterocycles. The molecule has 2 amide bonds. The van der Waals surface area contributed by atoms with Gasteiger partial charge in [0.05, 0.1) is 23.7 Å². The Balaban J connectivity index is 1.32. The Morgan fingerprint density at radius 2 is 1.63 bits per heavy atom. The molecule has 2 aromatic rings. The molecule has 0 saturated carbocycles. The first-order valence-corrected chi connectivity index (χ1v) is 15.1. The van der Waals surface area contributed by atoms with E-state index in [1.54, 1.807) is 38.1 Å². The fourth-order valence-corrected chi connectivity index (χ4v) is 5.65. The number of halogens is 1. The first kappa shape index (κ1) is 31.9. The van der Waals surface area contributed by atoms with E-state index in [-0.39, 0.29) is 47.8 Å². The van der Waals surface area contributed by atoms with Gasteiger partial charge >= 0.3 is 11.9 Å². The summed E-state index contributed by atoms with van der Waals surface area (Å²) in [5, 5.41) is 2.28. The molecule has 41 heavy (non-hydrogen) atoms. The van der Waals surface area contributed by atoms with Crippen LogP contribution in [-0.4, -0.2) is 58.1 Å². The van der Waals surface area contributed by atoms with Crippen molar-refractivity contribution in [3.05, 3.63) is 71.0 Å². The topological polar surface area (TPSA) is 119 Å². The highest BCUT2D eigenvalue weighted by molar-refractivity contribution is 7.85. The maximum Gasteiger partial charge on any atom is 0.340 e. The molecule has 0 aliphatic carbocycles. The lowest BCUT2D eigenvalue weighted by molar-refractivity contribution is -0.155. The first-order chi connectivity index (χ1) is 19.6. The third-order valence-corrected chi connectivity index (χ3v) is 8.27. The molecular formula is C30H37FN2O7S. The van der Waals surface area contributed by atoms with E-state index in [9.17, 15) is 27.8 Å². The van der Waals surface area contributed by atoms with Crippen LogP contribution in [0.3, 0.4) is 0 Å². The summed E-state index contributed by atoms with van der Waals surface area (Å²) in [7, 11) is -1.43. The number of carbonyl (C=O) groups excluding carboxylic acids is 4. The Morgan fingerprint density at radius 1 is 0.976 bits per heavy atom. The molecule has 0 aromatic heterocycles. The first-order valence-electron chi connectivity index (χ1n) is 13.7. The Hall–Kier alpha value is -3.60. The summed E-state index contributed by atoms with van der Waals surface area (Å²) >= 11 is 0. The van der Waals surface area contributed by atoms with Gasteiger partial charge < -0.3 is 19.7 Å². The van der Waals surface area contributed by atoms with Crippen molar-refractivity contribution < 1.29 is 37.3 Å². The predicted molar refractivity (Wildman–Crippen MR) is 151 cm³/mol. The highest BCUT2D eigenvalue weighted by Gasteiger charge is 2.41. The Labute approximate surface area is 242 Å². The van der Waals surface area contributed by atoms with Gasteiger partial charge in [0.2, 0.25) is 18.6 Å². The van der Waals surface area contributed by atoms with Crippen LogP contribution in [0.1, 0.15) is 67.4 Å². The van der Waals surface area contributed by atoms with Crippen molar-refractivity contribution in [3.63, 3.8) is 0 Å². The monoisotopic (exact) mass is 588 g/mol. The quantitative estimate of drug-likeness (QED) is 0.137. The average Bonchev–Trinajstić information content (AvgIpc) is 2.95. The number of amides is 2. The van der Waals surface area contributed by atoms with Gasteiger partial charge in [-0.25, -0.2) is 9.18 Å². The zero-order valence-corrected chi connectivity index (χ0v) is 24.3. The van der Waals surface area contributed by atoms with Crippen LogP contribution in [0.5, 0.6) is 0 Å². The number of likely N-dealkylation sites (tertiary alicyclic amines) is 1. The molecule has 2 atom stereocenters. The minimum absolute atomic E-state index is 0.119. The molecular weight excluding hydrogens is 551 g/mol. The lowest BCUT2D eigenvalue weighted by Crippen LogP contribution is -2.57. The Bertz CT molecular complexity index is 1220. The fourth-order valence-electron chi connectivity index (χ4n) is 4.14. The zero-order chi connectivity index (χ0) is 29.8. The SMILES string of the molecule is CC(C)C(=O)OCOC(=O)c1ccc(C[S@](=O)[C@@H]2CC(=O)N2CC(=O)NCCCCCCc2ccc(F)cc2)cc1. The molecule has 1 aliphatic rings. The van der Waals surface area contributed by atoms with Gasteiger partial charge in [0, 0.05) is 17.3 Å². The molecule has 1 fully saturated rings. The van der Waals surface area contributed by atoms with E-state index in [4.69, 9.17) is 9.47 Å². The molecule has 11 heteroatoms. The maximum atomic E-state index is 13.0. The number of esters is 2. The lowest BCUT2D eigenvalue weighted by Gasteiger charge is -2.39. The summed E-state index contributed by atoms with van der Waals surface area (Å²) < 4.78 is 35.6. The van der Waals surface area contributed by atoms with Gasteiger partial charge in [0.1, 0.15) is 17.7 Å². The molecule has 222 valence electrons. The van der Waals surface area contributed by atoms with Crippen molar-refractivity contribution in [1.82, 2.24) is 10.2 Å². The number of hydrogen-bond acceptors (Lipinski definition) is 7. The minimum Gasteiger partial charge on any atom is -0.428 e. The number of benzene rings is 2. The summed E-state index contributed by atoms with van der Waals surface area (Å²) in [6.07, 6.45) is 4.74. The van der Waals surface area contributed by atoms with Crippen molar-refractivity contribution in [3.8, 4) is 0 Å². The number of β-lactam (4-membered cyclic amide) rings is 1. The maximum absolute atomic E-state index is 13.0. The largest absolute Gasteiger partial charge is 0.428 e. The van der Waals surface area contributed by atoms with Gasteiger partial charge in [-0.1, -0.05) is 51.0 Å². The number of aryl methyl sites for hydroxylation is 1. The van der Waals surface area contributed by atoms with E-state index in [0.717, 1.165) is 37.7 Å². The van der Waals surface area contributed by atoms with Crippen molar-refractivity contribution in [2.75, 3.05) is 19.9 Å². The standard InChI is InChI=1S/C30H37FN2O7S/c1-21(2)29(36)39-20-40-30(37)24-12-8-23(9-13-24)19-41(38)28-17-27(35)33(28)18-26(34)32-16-6-4-3-5-7-22-10-14-25(31)15-11-22/h8-15,21,28H,3-7,16-20H2,1-2H3,(H,32,34)/t28-,41+/m1/s1. The second kappa shape index (κ2) is 16.0. The van der Waals surface area contributed by atoms with Gasteiger partial charge in [-0.3, -0.25) is 18.6 Å². The fraction of sp³-hybridized carbons (Fsp3) is 0.467.